The lowest BCUT2D eigenvalue weighted by Crippen LogP contribution is -1.96. The van der Waals surface area contributed by atoms with Gasteiger partial charge in [0.05, 0.1) is 0 Å². The van der Waals surface area contributed by atoms with E-state index in [4.69, 9.17) is 21.4 Å². The molecule has 1 heterocycles. The first-order valence-electron chi connectivity index (χ1n) is 5.29. The number of halogens is 1. The molecule has 0 bridgehead atoms. The summed E-state index contributed by atoms with van der Waals surface area (Å²) in [7, 11) is 0. The lowest BCUT2D eigenvalue weighted by molar-refractivity contribution is 0.297. The Bertz CT molecular complexity index is 502. The number of aliphatic hydroxyl groups excluding tert-OH is 1. The Hall–Kier alpha value is -1.58. The third-order valence-corrected chi connectivity index (χ3v) is 2.47. The summed E-state index contributed by atoms with van der Waals surface area (Å²) in [6.07, 6.45) is 0.552. The van der Waals surface area contributed by atoms with Gasteiger partial charge in [0.2, 0.25) is 5.88 Å². The van der Waals surface area contributed by atoms with Crippen molar-refractivity contribution < 1.29 is 9.84 Å². The molecule has 0 amide bonds. The number of ether oxygens (including phenoxy) is 1. The minimum atomic E-state index is 0.0867. The molecule has 1 aromatic carbocycles. The van der Waals surface area contributed by atoms with E-state index in [1.165, 1.54) is 0 Å². The zero-order valence-electron chi connectivity index (χ0n) is 9.14. The normalized spacial score (nSPS) is 10.2. The van der Waals surface area contributed by atoms with Crippen LogP contribution in [0, 0.1) is 0 Å². The van der Waals surface area contributed by atoms with Crippen molar-refractivity contribution in [2.45, 2.75) is 6.42 Å². The van der Waals surface area contributed by atoms with Crippen LogP contribution >= 0.6 is 11.6 Å². The molecule has 0 aliphatic rings. The molecule has 1 aromatic heterocycles. The number of hydrogen-bond acceptors (Lipinski definition) is 3. The third-order valence-electron chi connectivity index (χ3n) is 2.26. The summed E-state index contributed by atoms with van der Waals surface area (Å²) in [5.41, 5.74) is 0.941. The third kappa shape index (κ3) is 3.19. The van der Waals surface area contributed by atoms with Gasteiger partial charge in [-0.3, -0.25) is 0 Å². The number of benzene rings is 1. The molecule has 17 heavy (non-hydrogen) atoms. The van der Waals surface area contributed by atoms with Crippen LogP contribution in [0.15, 0.2) is 42.5 Å². The number of pyridine rings is 1. The number of hydrogen-bond donors (Lipinski definition) is 1. The quantitative estimate of drug-likeness (QED) is 0.847. The average molecular weight is 250 g/mol. The van der Waals surface area contributed by atoms with Crippen molar-refractivity contribution in [3.63, 3.8) is 0 Å². The van der Waals surface area contributed by atoms with Gasteiger partial charge in [0.15, 0.2) is 0 Å². The minimum absolute atomic E-state index is 0.0867. The molecule has 3 nitrogen and oxygen atoms in total. The predicted molar refractivity (Wildman–Crippen MR) is 66.6 cm³/mol. The Morgan fingerprint density at radius 3 is 2.71 bits per heavy atom. The van der Waals surface area contributed by atoms with Crippen LogP contribution in [-0.2, 0) is 6.42 Å². The van der Waals surface area contributed by atoms with Crippen LogP contribution < -0.4 is 4.74 Å². The molecule has 0 atom stereocenters. The zero-order chi connectivity index (χ0) is 12.1. The van der Waals surface area contributed by atoms with E-state index in [2.05, 4.69) is 4.98 Å². The standard InChI is InChI=1S/C13H12ClNO2/c14-12-6-3-7-13(15-12)17-11-5-2-1-4-10(11)8-9-16/h1-7,16H,8-9H2. The van der Waals surface area contributed by atoms with E-state index in [1.807, 2.05) is 24.3 Å². The predicted octanol–water partition coefficient (Wildman–Crippen LogP) is 3.06. The van der Waals surface area contributed by atoms with E-state index in [0.717, 1.165) is 5.56 Å². The Morgan fingerprint density at radius 2 is 1.94 bits per heavy atom. The summed E-state index contributed by atoms with van der Waals surface area (Å²) in [6.45, 7) is 0.0867. The molecular formula is C13H12ClNO2. The largest absolute Gasteiger partial charge is 0.439 e. The second-order valence-electron chi connectivity index (χ2n) is 3.48. The average Bonchev–Trinajstić information content (AvgIpc) is 2.32. The molecule has 2 rings (SSSR count). The van der Waals surface area contributed by atoms with Crippen LogP contribution in [0.2, 0.25) is 5.15 Å². The SMILES string of the molecule is OCCc1ccccc1Oc1cccc(Cl)n1. The summed E-state index contributed by atoms with van der Waals surface area (Å²) in [4.78, 5) is 4.05. The first-order chi connectivity index (χ1) is 8.29. The molecule has 0 fully saturated rings. The van der Waals surface area contributed by atoms with Gasteiger partial charge in [0.1, 0.15) is 10.9 Å². The highest BCUT2D eigenvalue weighted by atomic mass is 35.5. The maximum absolute atomic E-state index is 8.96. The highest BCUT2D eigenvalue weighted by Crippen LogP contribution is 2.24. The molecule has 0 radical (unpaired) electrons. The number of para-hydroxylation sites is 1. The zero-order valence-corrected chi connectivity index (χ0v) is 9.89. The maximum atomic E-state index is 8.96. The van der Waals surface area contributed by atoms with Gasteiger partial charge >= 0.3 is 0 Å². The number of nitrogens with zero attached hydrogens (tertiary/aromatic N) is 1. The first kappa shape index (κ1) is 11.9. The Kier molecular flexibility index (Phi) is 3.96. The van der Waals surface area contributed by atoms with Crippen molar-refractivity contribution in [1.29, 1.82) is 0 Å². The van der Waals surface area contributed by atoms with Crippen LogP contribution in [0.1, 0.15) is 5.56 Å². The van der Waals surface area contributed by atoms with Crippen molar-refractivity contribution in [2.24, 2.45) is 0 Å². The number of rotatable bonds is 4. The Labute approximate surface area is 105 Å². The number of aliphatic hydroxyl groups is 1. The van der Waals surface area contributed by atoms with Gasteiger partial charge in [-0.2, -0.15) is 0 Å². The van der Waals surface area contributed by atoms with Gasteiger partial charge in [-0.1, -0.05) is 35.9 Å². The molecule has 0 saturated heterocycles. The molecule has 4 heteroatoms. The molecule has 0 aliphatic heterocycles. The van der Waals surface area contributed by atoms with Gasteiger partial charge < -0.3 is 9.84 Å². The second kappa shape index (κ2) is 5.66. The molecule has 1 N–H and O–H groups in total. The van der Waals surface area contributed by atoms with Crippen LogP contribution in [-0.4, -0.2) is 16.7 Å². The lowest BCUT2D eigenvalue weighted by Gasteiger charge is -2.09. The van der Waals surface area contributed by atoms with Crippen LogP contribution in [0.25, 0.3) is 0 Å². The van der Waals surface area contributed by atoms with Gasteiger partial charge in [0, 0.05) is 12.7 Å². The fourth-order valence-electron chi connectivity index (χ4n) is 1.49. The van der Waals surface area contributed by atoms with Gasteiger partial charge in [-0.25, -0.2) is 4.98 Å². The maximum Gasteiger partial charge on any atom is 0.220 e. The van der Waals surface area contributed by atoms with Crippen molar-refractivity contribution in [3.8, 4) is 11.6 Å². The smallest absolute Gasteiger partial charge is 0.220 e. The van der Waals surface area contributed by atoms with Gasteiger partial charge in [-0.15, -0.1) is 0 Å². The van der Waals surface area contributed by atoms with E-state index >= 15 is 0 Å². The van der Waals surface area contributed by atoms with Crippen molar-refractivity contribution >= 4 is 11.6 Å². The van der Waals surface area contributed by atoms with E-state index in [1.54, 1.807) is 18.2 Å². The Balaban J connectivity index is 2.23. The Morgan fingerprint density at radius 1 is 1.12 bits per heavy atom. The molecular weight excluding hydrogens is 238 g/mol. The summed E-state index contributed by atoms with van der Waals surface area (Å²) < 4.78 is 5.64. The summed E-state index contributed by atoms with van der Waals surface area (Å²) in [6, 6.07) is 12.7. The minimum Gasteiger partial charge on any atom is -0.439 e. The monoisotopic (exact) mass is 249 g/mol. The summed E-state index contributed by atoms with van der Waals surface area (Å²) >= 11 is 5.78. The van der Waals surface area contributed by atoms with Crippen molar-refractivity contribution in [2.75, 3.05) is 6.61 Å². The van der Waals surface area contributed by atoms with Crippen LogP contribution in [0.3, 0.4) is 0 Å². The topological polar surface area (TPSA) is 42.4 Å². The molecule has 0 aliphatic carbocycles. The highest BCUT2D eigenvalue weighted by molar-refractivity contribution is 6.29. The highest BCUT2D eigenvalue weighted by Gasteiger charge is 2.04. The van der Waals surface area contributed by atoms with Gasteiger partial charge in [-0.05, 0) is 24.1 Å². The van der Waals surface area contributed by atoms with Crippen molar-refractivity contribution in [3.05, 3.63) is 53.2 Å². The van der Waals surface area contributed by atoms with E-state index in [0.29, 0.717) is 23.2 Å². The lowest BCUT2D eigenvalue weighted by atomic mass is 10.1. The summed E-state index contributed by atoms with van der Waals surface area (Å²) in [5, 5.41) is 9.35. The van der Waals surface area contributed by atoms with E-state index in [-0.39, 0.29) is 6.61 Å². The first-order valence-corrected chi connectivity index (χ1v) is 5.66. The molecule has 0 spiro atoms. The fourth-order valence-corrected chi connectivity index (χ4v) is 1.65. The molecule has 0 unspecified atom stereocenters. The summed E-state index contributed by atoms with van der Waals surface area (Å²) in [5.74, 6) is 1.14. The number of aromatic nitrogens is 1. The fraction of sp³-hybridized carbons (Fsp3) is 0.154. The molecule has 88 valence electrons. The van der Waals surface area contributed by atoms with Crippen LogP contribution in [0.5, 0.6) is 11.6 Å². The van der Waals surface area contributed by atoms with Crippen molar-refractivity contribution in [1.82, 2.24) is 4.98 Å². The van der Waals surface area contributed by atoms with Crippen LogP contribution in [0.4, 0.5) is 0 Å². The second-order valence-corrected chi connectivity index (χ2v) is 3.87. The van der Waals surface area contributed by atoms with E-state index < -0.39 is 0 Å². The van der Waals surface area contributed by atoms with E-state index in [9.17, 15) is 0 Å². The van der Waals surface area contributed by atoms with Gasteiger partial charge in [0.25, 0.3) is 0 Å². The molecule has 0 saturated carbocycles. The molecule has 2 aromatic rings.